The van der Waals surface area contributed by atoms with Gasteiger partial charge in [0.05, 0.1) is 6.54 Å². The Morgan fingerprint density at radius 1 is 1.38 bits per heavy atom. The summed E-state index contributed by atoms with van der Waals surface area (Å²) in [7, 11) is 0. The molecule has 0 aromatic heterocycles. The Labute approximate surface area is 145 Å². The van der Waals surface area contributed by atoms with Gasteiger partial charge in [-0.05, 0) is 45.7 Å². The molecule has 0 saturated carbocycles. The smallest absolute Gasteiger partial charge is 0.189 e. The molecule has 0 bridgehead atoms. The van der Waals surface area contributed by atoms with Crippen LogP contribution >= 0.6 is 24.0 Å². The largest absolute Gasteiger partial charge is 0.370 e. The summed E-state index contributed by atoms with van der Waals surface area (Å²) in [6, 6.07) is 9.16. The Balaban J connectivity index is 0.00000220. The van der Waals surface area contributed by atoms with E-state index in [0.29, 0.717) is 18.5 Å². The van der Waals surface area contributed by atoms with E-state index in [1.807, 2.05) is 0 Å². The molecule has 1 aliphatic heterocycles. The topological polar surface area (TPSA) is 53.6 Å². The molecular weight excluding hydrogens is 375 g/mol. The Morgan fingerprint density at radius 3 is 2.71 bits per heavy atom. The Kier molecular flexibility index (Phi) is 6.31. The van der Waals surface area contributed by atoms with Gasteiger partial charge in [0.15, 0.2) is 5.96 Å². The molecule has 21 heavy (non-hydrogen) atoms. The van der Waals surface area contributed by atoms with E-state index in [4.69, 9.17) is 5.73 Å². The molecule has 118 valence electrons. The number of hydrogen-bond donors (Lipinski definition) is 2. The van der Waals surface area contributed by atoms with Crippen molar-refractivity contribution >= 4 is 35.6 Å². The number of nitrogens with one attached hydrogen (secondary N) is 1. The first kappa shape index (κ1) is 18.1. The SMILES string of the molecule is CC1Cc2ccccc2N1CCN=C(N)NC(C)(C)C.I. The predicted octanol–water partition coefficient (Wildman–Crippen LogP) is 2.76. The number of nitrogens with zero attached hydrogens (tertiary/aromatic N) is 2. The van der Waals surface area contributed by atoms with Crippen molar-refractivity contribution < 1.29 is 0 Å². The Hall–Kier alpha value is -0.980. The van der Waals surface area contributed by atoms with Gasteiger partial charge in [-0.1, -0.05) is 18.2 Å². The van der Waals surface area contributed by atoms with E-state index in [1.54, 1.807) is 0 Å². The maximum absolute atomic E-state index is 5.89. The zero-order valence-corrected chi connectivity index (χ0v) is 15.7. The molecule has 0 spiro atoms. The van der Waals surface area contributed by atoms with Crippen LogP contribution in [0.2, 0.25) is 0 Å². The van der Waals surface area contributed by atoms with E-state index >= 15 is 0 Å². The lowest BCUT2D eigenvalue weighted by Gasteiger charge is -2.24. The molecule has 4 nitrogen and oxygen atoms in total. The van der Waals surface area contributed by atoms with Crippen LogP contribution in [0.25, 0.3) is 0 Å². The third-order valence-corrected chi connectivity index (χ3v) is 3.47. The van der Waals surface area contributed by atoms with Crippen LogP contribution in [-0.4, -0.2) is 30.6 Å². The maximum Gasteiger partial charge on any atom is 0.189 e. The Bertz CT molecular complexity index is 493. The minimum absolute atomic E-state index is 0. The molecule has 1 aromatic rings. The first-order valence-electron chi connectivity index (χ1n) is 7.29. The molecule has 0 radical (unpaired) electrons. The molecule has 1 aliphatic rings. The van der Waals surface area contributed by atoms with Crippen LogP contribution in [0.4, 0.5) is 5.69 Å². The summed E-state index contributed by atoms with van der Waals surface area (Å²) in [6.07, 6.45) is 1.12. The standard InChI is InChI=1S/C16H26N4.HI/c1-12-11-13-7-5-6-8-14(13)20(12)10-9-18-15(17)19-16(2,3)4;/h5-8,12H,9-11H2,1-4H3,(H3,17,18,19);1H. The molecule has 0 aliphatic carbocycles. The zero-order valence-electron chi connectivity index (χ0n) is 13.4. The van der Waals surface area contributed by atoms with Gasteiger partial charge in [0.2, 0.25) is 0 Å². The molecule has 1 atom stereocenters. The molecule has 2 rings (SSSR count). The fourth-order valence-electron chi connectivity index (χ4n) is 2.67. The van der Waals surface area contributed by atoms with E-state index < -0.39 is 0 Å². The average Bonchev–Trinajstić information content (AvgIpc) is 2.64. The first-order valence-corrected chi connectivity index (χ1v) is 7.29. The highest BCUT2D eigenvalue weighted by atomic mass is 127. The van der Waals surface area contributed by atoms with Crippen molar-refractivity contribution in [2.75, 3.05) is 18.0 Å². The maximum atomic E-state index is 5.89. The van der Waals surface area contributed by atoms with Crippen LogP contribution in [0.15, 0.2) is 29.3 Å². The van der Waals surface area contributed by atoms with E-state index in [-0.39, 0.29) is 29.5 Å². The van der Waals surface area contributed by atoms with E-state index in [1.165, 1.54) is 11.3 Å². The highest BCUT2D eigenvalue weighted by Gasteiger charge is 2.24. The summed E-state index contributed by atoms with van der Waals surface area (Å²) >= 11 is 0. The van der Waals surface area contributed by atoms with E-state index in [2.05, 4.69) is 67.2 Å². The van der Waals surface area contributed by atoms with E-state index in [0.717, 1.165) is 13.0 Å². The number of benzene rings is 1. The molecule has 1 unspecified atom stereocenters. The molecule has 1 heterocycles. The van der Waals surface area contributed by atoms with Gasteiger partial charge in [-0.2, -0.15) is 0 Å². The second-order valence-electron chi connectivity index (χ2n) is 6.52. The minimum Gasteiger partial charge on any atom is -0.370 e. The highest BCUT2D eigenvalue weighted by molar-refractivity contribution is 14.0. The van der Waals surface area contributed by atoms with Gasteiger partial charge in [0.25, 0.3) is 0 Å². The first-order chi connectivity index (χ1) is 9.37. The fraction of sp³-hybridized carbons (Fsp3) is 0.562. The number of halogens is 1. The van der Waals surface area contributed by atoms with Gasteiger partial charge in [0.1, 0.15) is 0 Å². The second-order valence-corrected chi connectivity index (χ2v) is 6.52. The van der Waals surface area contributed by atoms with Crippen molar-refractivity contribution in [1.82, 2.24) is 5.32 Å². The van der Waals surface area contributed by atoms with Gasteiger partial charge in [-0.3, -0.25) is 4.99 Å². The minimum atomic E-state index is -0.0406. The number of rotatable bonds is 3. The summed E-state index contributed by atoms with van der Waals surface area (Å²) in [4.78, 5) is 6.84. The third-order valence-electron chi connectivity index (χ3n) is 3.47. The number of para-hydroxylation sites is 1. The van der Waals surface area contributed by atoms with Crippen LogP contribution in [0.5, 0.6) is 0 Å². The normalized spacial score (nSPS) is 18.2. The summed E-state index contributed by atoms with van der Waals surface area (Å²) in [6.45, 7) is 10.1. The molecule has 0 saturated heterocycles. The number of nitrogens with two attached hydrogens (primary N) is 1. The zero-order chi connectivity index (χ0) is 14.8. The van der Waals surface area contributed by atoms with Crippen LogP contribution < -0.4 is 16.0 Å². The lowest BCUT2D eigenvalue weighted by molar-refractivity contribution is 0.508. The van der Waals surface area contributed by atoms with E-state index in [9.17, 15) is 0 Å². The molecular formula is C16H27IN4. The van der Waals surface area contributed by atoms with Crippen molar-refractivity contribution in [2.45, 2.75) is 45.7 Å². The summed E-state index contributed by atoms with van der Waals surface area (Å²) in [5.41, 5.74) is 8.63. The van der Waals surface area contributed by atoms with Gasteiger partial charge >= 0.3 is 0 Å². The predicted molar refractivity (Wildman–Crippen MR) is 102 cm³/mol. The van der Waals surface area contributed by atoms with Gasteiger partial charge < -0.3 is 16.0 Å². The lowest BCUT2D eigenvalue weighted by Crippen LogP contribution is -2.45. The van der Waals surface area contributed by atoms with Crippen LogP contribution in [0, 0.1) is 0 Å². The van der Waals surface area contributed by atoms with Crippen molar-refractivity contribution in [2.24, 2.45) is 10.7 Å². The second kappa shape index (κ2) is 7.33. The summed E-state index contributed by atoms with van der Waals surface area (Å²) in [5.74, 6) is 0.526. The quantitative estimate of drug-likeness (QED) is 0.465. The van der Waals surface area contributed by atoms with Crippen molar-refractivity contribution in [3.05, 3.63) is 29.8 Å². The number of anilines is 1. The van der Waals surface area contributed by atoms with Crippen molar-refractivity contribution in [3.63, 3.8) is 0 Å². The molecule has 3 N–H and O–H groups in total. The number of hydrogen-bond acceptors (Lipinski definition) is 2. The monoisotopic (exact) mass is 402 g/mol. The van der Waals surface area contributed by atoms with Gasteiger partial charge in [-0.25, -0.2) is 0 Å². The Morgan fingerprint density at radius 2 is 2.05 bits per heavy atom. The van der Waals surface area contributed by atoms with Crippen LogP contribution in [0.1, 0.15) is 33.3 Å². The number of guanidine groups is 1. The van der Waals surface area contributed by atoms with Crippen LogP contribution in [0.3, 0.4) is 0 Å². The highest BCUT2D eigenvalue weighted by Crippen LogP contribution is 2.31. The average molecular weight is 402 g/mol. The van der Waals surface area contributed by atoms with Gasteiger partial charge in [-0.15, -0.1) is 24.0 Å². The van der Waals surface area contributed by atoms with Crippen molar-refractivity contribution in [3.8, 4) is 0 Å². The lowest BCUT2D eigenvalue weighted by atomic mass is 10.1. The number of fused-ring (bicyclic) bond motifs is 1. The number of aliphatic imine (C=N–C) groups is 1. The molecule has 0 fully saturated rings. The molecule has 5 heteroatoms. The fourth-order valence-corrected chi connectivity index (χ4v) is 2.67. The molecule has 0 amide bonds. The molecule has 1 aromatic carbocycles. The summed E-state index contributed by atoms with van der Waals surface area (Å²) < 4.78 is 0. The van der Waals surface area contributed by atoms with Crippen molar-refractivity contribution in [1.29, 1.82) is 0 Å². The van der Waals surface area contributed by atoms with Gasteiger partial charge in [0, 0.05) is 23.8 Å². The summed E-state index contributed by atoms with van der Waals surface area (Å²) in [5, 5.41) is 3.18. The third kappa shape index (κ3) is 5.05. The van der Waals surface area contributed by atoms with Crippen LogP contribution in [-0.2, 0) is 6.42 Å².